The number of alkyl carbamates (subject to hydrolysis) is 1. The van der Waals surface area contributed by atoms with E-state index in [2.05, 4.69) is 5.32 Å². The highest BCUT2D eigenvalue weighted by Gasteiger charge is 2.08. The number of hydrogen-bond donors (Lipinski definition) is 2. The van der Waals surface area contributed by atoms with Crippen molar-refractivity contribution in [2.24, 2.45) is 5.73 Å². The maximum Gasteiger partial charge on any atom is 0.408 e. The molecule has 1 rings (SSSR count). The monoisotopic (exact) mass is 194 g/mol. The summed E-state index contributed by atoms with van der Waals surface area (Å²) < 4.78 is 4.70. The first kappa shape index (κ1) is 10.5. The molecule has 76 valence electrons. The van der Waals surface area contributed by atoms with Gasteiger partial charge in [0.1, 0.15) is 6.17 Å². The number of nitrogens with two attached hydrogens (primary N) is 1. The Labute approximate surface area is 83.1 Å². The summed E-state index contributed by atoms with van der Waals surface area (Å²) in [5, 5.41) is 2.51. The van der Waals surface area contributed by atoms with Gasteiger partial charge in [0.05, 0.1) is 6.61 Å². The van der Waals surface area contributed by atoms with Gasteiger partial charge in [0.2, 0.25) is 0 Å². The molecule has 1 aromatic rings. The lowest BCUT2D eigenvalue weighted by Crippen LogP contribution is -2.34. The summed E-state index contributed by atoms with van der Waals surface area (Å²) >= 11 is 0. The summed E-state index contributed by atoms with van der Waals surface area (Å²) in [5.41, 5.74) is 6.56. The van der Waals surface area contributed by atoms with Crippen molar-refractivity contribution in [3.05, 3.63) is 35.9 Å². The predicted molar refractivity (Wildman–Crippen MR) is 53.5 cm³/mol. The van der Waals surface area contributed by atoms with Gasteiger partial charge < -0.3 is 15.8 Å². The molecule has 0 aromatic heterocycles. The number of amides is 1. The molecule has 0 saturated heterocycles. The highest BCUT2D eigenvalue weighted by molar-refractivity contribution is 5.67. The Morgan fingerprint density at radius 2 is 2.14 bits per heavy atom. The van der Waals surface area contributed by atoms with Gasteiger partial charge in [-0.05, 0) is 12.5 Å². The summed E-state index contributed by atoms with van der Waals surface area (Å²) in [5.74, 6) is 0. The van der Waals surface area contributed by atoms with Crippen molar-refractivity contribution < 1.29 is 9.53 Å². The zero-order valence-corrected chi connectivity index (χ0v) is 8.07. The van der Waals surface area contributed by atoms with Crippen molar-refractivity contribution in [1.82, 2.24) is 5.32 Å². The molecule has 3 N–H and O–H groups in total. The normalized spacial score (nSPS) is 11.9. The minimum Gasteiger partial charge on any atom is -0.450 e. The van der Waals surface area contributed by atoms with E-state index in [0.717, 1.165) is 5.56 Å². The third-order valence-corrected chi connectivity index (χ3v) is 1.71. The molecule has 14 heavy (non-hydrogen) atoms. The topological polar surface area (TPSA) is 64.3 Å². The molecule has 1 amide bonds. The van der Waals surface area contributed by atoms with Gasteiger partial charge in [0, 0.05) is 0 Å². The first-order chi connectivity index (χ1) is 6.74. The van der Waals surface area contributed by atoms with E-state index < -0.39 is 12.3 Å². The summed E-state index contributed by atoms with van der Waals surface area (Å²) in [6.07, 6.45) is -1.01. The van der Waals surface area contributed by atoms with Crippen LogP contribution in [0, 0.1) is 0 Å². The zero-order valence-electron chi connectivity index (χ0n) is 8.07. The standard InChI is InChI=1S/C10H14N2O2/c1-2-14-10(13)12-9(11)8-6-4-3-5-7-8/h3-7,9H,2,11H2,1H3,(H,12,13). The molecule has 0 aliphatic rings. The van der Waals surface area contributed by atoms with Crippen LogP contribution in [0.1, 0.15) is 18.7 Å². The van der Waals surface area contributed by atoms with Crippen molar-refractivity contribution in [1.29, 1.82) is 0 Å². The highest BCUT2D eigenvalue weighted by atomic mass is 16.5. The molecule has 1 aromatic carbocycles. The minimum absolute atomic E-state index is 0.341. The van der Waals surface area contributed by atoms with E-state index in [1.54, 1.807) is 6.92 Å². The van der Waals surface area contributed by atoms with Gasteiger partial charge in [-0.3, -0.25) is 0 Å². The Hall–Kier alpha value is -1.55. The SMILES string of the molecule is CCOC(=O)NC(N)c1ccccc1. The second-order valence-electron chi connectivity index (χ2n) is 2.75. The van der Waals surface area contributed by atoms with Gasteiger partial charge in [-0.1, -0.05) is 30.3 Å². The van der Waals surface area contributed by atoms with Crippen LogP contribution in [0.4, 0.5) is 4.79 Å². The van der Waals surface area contributed by atoms with E-state index in [4.69, 9.17) is 10.5 Å². The van der Waals surface area contributed by atoms with Crippen LogP contribution >= 0.6 is 0 Å². The Morgan fingerprint density at radius 3 is 2.71 bits per heavy atom. The molecule has 1 atom stereocenters. The summed E-state index contributed by atoms with van der Waals surface area (Å²) in [6, 6.07) is 9.30. The fourth-order valence-electron chi connectivity index (χ4n) is 1.04. The van der Waals surface area contributed by atoms with E-state index >= 15 is 0 Å². The van der Waals surface area contributed by atoms with Gasteiger partial charge in [-0.25, -0.2) is 4.79 Å². The number of ether oxygens (including phenoxy) is 1. The van der Waals surface area contributed by atoms with Crippen LogP contribution in [-0.4, -0.2) is 12.7 Å². The lowest BCUT2D eigenvalue weighted by Gasteiger charge is -2.13. The van der Waals surface area contributed by atoms with Gasteiger partial charge in [0.15, 0.2) is 0 Å². The fourth-order valence-corrected chi connectivity index (χ4v) is 1.04. The van der Waals surface area contributed by atoms with Crippen LogP contribution < -0.4 is 11.1 Å². The smallest absolute Gasteiger partial charge is 0.408 e. The summed E-state index contributed by atoms with van der Waals surface area (Å²) in [7, 11) is 0. The maximum atomic E-state index is 11.0. The van der Waals surface area contributed by atoms with E-state index in [-0.39, 0.29) is 0 Å². The molecule has 0 bridgehead atoms. The van der Waals surface area contributed by atoms with E-state index in [0.29, 0.717) is 6.61 Å². The van der Waals surface area contributed by atoms with Crippen LogP contribution in [-0.2, 0) is 4.74 Å². The number of nitrogens with one attached hydrogen (secondary N) is 1. The molecule has 0 aliphatic carbocycles. The molecule has 0 saturated carbocycles. The quantitative estimate of drug-likeness (QED) is 0.714. The Kier molecular flexibility index (Phi) is 3.94. The van der Waals surface area contributed by atoms with Gasteiger partial charge in [0.25, 0.3) is 0 Å². The van der Waals surface area contributed by atoms with Crippen LogP contribution in [0.5, 0.6) is 0 Å². The number of carbonyl (C=O) groups excluding carboxylic acids is 1. The fraction of sp³-hybridized carbons (Fsp3) is 0.300. The molecular weight excluding hydrogens is 180 g/mol. The summed E-state index contributed by atoms with van der Waals surface area (Å²) in [4.78, 5) is 11.0. The average molecular weight is 194 g/mol. The Morgan fingerprint density at radius 1 is 1.50 bits per heavy atom. The second kappa shape index (κ2) is 5.24. The van der Waals surface area contributed by atoms with Crippen molar-refractivity contribution in [2.75, 3.05) is 6.61 Å². The van der Waals surface area contributed by atoms with Crippen molar-refractivity contribution >= 4 is 6.09 Å². The predicted octanol–water partition coefficient (Wildman–Crippen LogP) is 1.39. The first-order valence-electron chi connectivity index (χ1n) is 4.48. The van der Waals surface area contributed by atoms with Gasteiger partial charge >= 0.3 is 6.09 Å². The number of benzene rings is 1. The van der Waals surface area contributed by atoms with Crippen LogP contribution in [0.15, 0.2) is 30.3 Å². The number of rotatable bonds is 3. The average Bonchev–Trinajstić information content (AvgIpc) is 2.19. The van der Waals surface area contributed by atoms with Crippen molar-refractivity contribution in [2.45, 2.75) is 13.1 Å². The van der Waals surface area contributed by atoms with Crippen LogP contribution in [0.2, 0.25) is 0 Å². The molecular formula is C10H14N2O2. The molecule has 0 heterocycles. The molecule has 0 aliphatic heterocycles. The largest absolute Gasteiger partial charge is 0.450 e. The third-order valence-electron chi connectivity index (χ3n) is 1.71. The molecule has 4 heteroatoms. The first-order valence-corrected chi connectivity index (χ1v) is 4.48. The van der Waals surface area contributed by atoms with E-state index in [1.165, 1.54) is 0 Å². The zero-order chi connectivity index (χ0) is 10.4. The Balaban J connectivity index is 2.50. The third kappa shape index (κ3) is 3.06. The van der Waals surface area contributed by atoms with Gasteiger partial charge in [-0.15, -0.1) is 0 Å². The number of carbonyl (C=O) groups is 1. The molecule has 4 nitrogen and oxygen atoms in total. The lowest BCUT2D eigenvalue weighted by molar-refractivity contribution is 0.148. The van der Waals surface area contributed by atoms with Gasteiger partial charge in [-0.2, -0.15) is 0 Å². The van der Waals surface area contributed by atoms with E-state index in [1.807, 2.05) is 30.3 Å². The molecule has 0 spiro atoms. The lowest BCUT2D eigenvalue weighted by atomic mass is 10.2. The highest BCUT2D eigenvalue weighted by Crippen LogP contribution is 2.05. The maximum absolute atomic E-state index is 11.0. The second-order valence-corrected chi connectivity index (χ2v) is 2.75. The molecule has 1 unspecified atom stereocenters. The van der Waals surface area contributed by atoms with Crippen LogP contribution in [0.3, 0.4) is 0 Å². The summed E-state index contributed by atoms with van der Waals surface area (Å²) in [6.45, 7) is 2.08. The Bertz CT molecular complexity index is 287. The van der Waals surface area contributed by atoms with Crippen molar-refractivity contribution in [3.63, 3.8) is 0 Å². The molecule has 0 radical (unpaired) electrons. The van der Waals surface area contributed by atoms with E-state index in [9.17, 15) is 4.79 Å². The van der Waals surface area contributed by atoms with Crippen LogP contribution in [0.25, 0.3) is 0 Å². The molecule has 0 fully saturated rings. The minimum atomic E-state index is -0.518. The number of hydrogen-bond acceptors (Lipinski definition) is 3. The van der Waals surface area contributed by atoms with Crippen molar-refractivity contribution in [3.8, 4) is 0 Å².